The molecule has 0 aromatic carbocycles. The summed E-state index contributed by atoms with van der Waals surface area (Å²) in [6, 6.07) is 2.75. The summed E-state index contributed by atoms with van der Waals surface area (Å²) in [5.41, 5.74) is 2.40. The fourth-order valence-electron chi connectivity index (χ4n) is 2.15. The topological polar surface area (TPSA) is 29.9 Å². The normalized spacial score (nSPS) is 14.9. The van der Waals surface area contributed by atoms with Gasteiger partial charge in [-0.2, -0.15) is 5.10 Å². The molecule has 0 aliphatic heterocycles. The quantitative estimate of drug-likeness (QED) is 0.789. The zero-order valence-corrected chi connectivity index (χ0v) is 12.0. The Kier molecular flexibility index (Phi) is 5.69. The maximum atomic E-state index is 4.46. The monoisotopic (exact) mass is 237 g/mol. The van der Waals surface area contributed by atoms with Crippen molar-refractivity contribution < 1.29 is 0 Å². The molecule has 3 nitrogen and oxygen atoms in total. The predicted molar refractivity (Wildman–Crippen MR) is 73.0 cm³/mol. The molecule has 0 saturated heterocycles. The van der Waals surface area contributed by atoms with Crippen LogP contribution < -0.4 is 5.32 Å². The van der Waals surface area contributed by atoms with Crippen LogP contribution in [0.25, 0.3) is 0 Å². The highest BCUT2D eigenvalue weighted by Crippen LogP contribution is 2.10. The molecule has 1 aromatic heterocycles. The minimum Gasteiger partial charge on any atom is -0.309 e. The van der Waals surface area contributed by atoms with Crippen LogP contribution in [0.2, 0.25) is 0 Å². The Morgan fingerprint density at radius 3 is 2.65 bits per heavy atom. The molecule has 0 aliphatic carbocycles. The third-order valence-electron chi connectivity index (χ3n) is 3.37. The highest BCUT2D eigenvalue weighted by molar-refractivity contribution is 5.08. The molecule has 0 saturated carbocycles. The van der Waals surface area contributed by atoms with Crippen LogP contribution in [0.3, 0.4) is 0 Å². The fraction of sp³-hybridized carbons (Fsp3) is 0.786. The zero-order valence-electron chi connectivity index (χ0n) is 12.0. The van der Waals surface area contributed by atoms with Gasteiger partial charge in [-0.25, -0.2) is 0 Å². The second kappa shape index (κ2) is 6.80. The Balaban J connectivity index is 2.43. The van der Waals surface area contributed by atoms with E-state index < -0.39 is 0 Å². The molecule has 0 bridgehead atoms. The molecule has 1 N–H and O–H groups in total. The molecule has 0 spiro atoms. The van der Waals surface area contributed by atoms with Crippen molar-refractivity contribution in [3.8, 4) is 0 Å². The van der Waals surface area contributed by atoms with Crippen LogP contribution in [-0.2, 0) is 13.1 Å². The van der Waals surface area contributed by atoms with Crippen molar-refractivity contribution in [2.75, 3.05) is 0 Å². The number of aryl methyl sites for hydroxylation is 2. The first-order valence-corrected chi connectivity index (χ1v) is 6.83. The molecule has 1 rings (SSSR count). The Bertz CT molecular complexity index is 330. The third kappa shape index (κ3) is 4.50. The van der Waals surface area contributed by atoms with Crippen LogP contribution in [0.15, 0.2) is 6.07 Å². The fourth-order valence-corrected chi connectivity index (χ4v) is 2.15. The van der Waals surface area contributed by atoms with Gasteiger partial charge >= 0.3 is 0 Å². The van der Waals surface area contributed by atoms with Gasteiger partial charge in [-0.1, -0.05) is 20.3 Å². The first-order valence-electron chi connectivity index (χ1n) is 6.83. The van der Waals surface area contributed by atoms with Gasteiger partial charge in [-0.05, 0) is 39.2 Å². The average molecular weight is 237 g/mol. The minimum absolute atomic E-state index is 0.575. The third-order valence-corrected chi connectivity index (χ3v) is 3.37. The molecule has 0 aliphatic rings. The van der Waals surface area contributed by atoms with Crippen molar-refractivity contribution in [1.82, 2.24) is 15.1 Å². The summed E-state index contributed by atoms with van der Waals surface area (Å²) in [6.45, 7) is 12.9. The van der Waals surface area contributed by atoms with E-state index in [-0.39, 0.29) is 0 Å². The molecule has 1 heterocycles. The van der Waals surface area contributed by atoms with Gasteiger partial charge in [-0.15, -0.1) is 0 Å². The lowest BCUT2D eigenvalue weighted by molar-refractivity contribution is 0.406. The lowest BCUT2D eigenvalue weighted by Gasteiger charge is -2.17. The van der Waals surface area contributed by atoms with Crippen LogP contribution in [-0.4, -0.2) is 15.8 Å². The van der Waals surface area contributed by atoms with Crippen LogP contribution in [0, 0.1) is 12.8 Å². The smallest absolute Gasteiger partial charge is 0.0597 e. The van der Waals surface area contributed by atoms with E-state index in [9.17, 15) is 0 Å². The van der Waals surface area contributed by atoms with Crippen molar-refractivity contribution in [3.63, 3.8) is 0 Å². The zero-order chi connectivity index (χ0) is 12.8. The molecule has 2 unspecified atom stereocenters. The second-order valence-corrected chi connectivity index (χ2v) is 5.12. The number of rotatable bonds is 7. The highest BCUT2D eigenvalue weighted by atomic mass is 15.3. The summed E-state index contributed by atoms with van der Waals surface area (Å²) in [6.07, 6.45) is 2.51. The maximum Gasteiger partial charge on any atom is 0.0597 e. The van der Waals surface area contributed by atoms with E-state index >= 15 is 0 Å². The average Bonchev–Trinajstić information content (AvgIpc) is 2.66. The predicted octanol–water partition coefficient (Wildman–Crippen LogP) is 3.13. The van der Waals surface area contributed by atoms with Crippen molar-refractivity contribution in [2.24, 2.45) is 5.92 Å². The summed E-state index contributed by atoms with van der Waals surface area (Å²) in [5.74, 6) is 0.801. The number of hydrogen-bond donors (Lipinski definition) is 1. The van der Waals surface area contributed by atoms with Gasteiger partial charge in [0.25, 0.3) is 0 Å². The molecule has 98 valence electrons. The van der Waals surface area contributed by atoms with E-state index in [0.717, 1.165) is 24.7 Å². The lowest BCUT2D eigenvalue weighted by Crippen LogP contribution is -2.28. The van der Waals surface area contributed by atoms with Gasteiger partial charge < -0.3 is 5.32 Å². The summed E-state index contributed by atoms with van der Waals surface area (Å²) in [5, 5.41) is 8.05. The first-order chi connectivity index (χ1) is 8.06. The van der Waals surface area contributed by atoms with Crippen LogP contribution >= 0.6 is 0 Å². The van der Waals surface area contributed by atoms with Gasteiger partial charge in [0, 0.05) is 19.1 Å². The number of aromatic nitrogens is 2. The maximum absolute atomic E-state index is 4.46. The summed E-state index contributed by atoms with van der Waals surface area (Å²) >= 11 is 0. The van der Waals surface area contributed by atoms with Crippen molar-refractivity contribution in [3.05, 3.63) is 17.5 Å². The molecule has 1 aromatic rings. The number of nitrogens with one attached hydrogen (secondary N) is 1. The molecular formula is C14H27N3. The van der Waals surface area contributed by atoms with E-state index in [2.05, 4.69) is 55.8 Å². The lowest BCUT2D eigenvalue weighted by atomic mass is 10.0. The molecular weight excluding hydrogens is 210 g/mol. The van der Waals surface area contributed by atoms with Crippen molar-refractivity contribution in [1.29, 1.82) is 0 Å². The van der Waals surface area contributed by atoms with Gasteiger partial charge in [-0.3, -0.25) is 4.68 Å². The van der Waals surface area contributed by atoms with Gasteiger partial charge in [0.2, 0.25) is 0 Å². The Labute approximate surface area is 106 Å². The van der Waals surface area contributed by atoms with Crippen LogP contribution in [0.5, 0.6) is 0 Å². The van der Waals surface area contributed by atoms with E-state index in [4.69, 9.17) is 0 Å². The second-order valence-electron chi connectivity index (χ2n) is 5.12. The van der Waals surface area contributed by atoms with Gasteiger partial charge in [0.1, 0.15) is 0 Å². The largest absolute Gasteiger partial charge is 0.309 e. The molecule has 2 atom stereocenters. The summed E-state index contributed by atoms with van der Waals surface area (Å²) < 4.78 is 2.08. The van der Waals surface area contributed by atoms with Crippen molar-refractivity contribution >= 4 is 0 Å². The van der Waals surface area contributed by atoms with Gasteiger partial charge in [0.15, 0.2) is 0 Å². The van der Waals surface area contributed by atoms with Crippen molar-refractivity contribution in [2.45, 2.75) is 66.6 Å². The Morgan fingerprint density at radius 2 is 2.06 bits per heavy atom. The van der Waals surface area contributed by atoms with E-state index in [0.29, 0.717) is 6.04 Å². The summed E-state index contributed by atoms with van der Waals surface area (Å²) in [4.78, 5) is 0. The van der Waals surface area contributed by atoms with Crippen LogP contribution in [0.4, 0.5) is 0 Å². The summed E-state index contributed by atoms with van der Waals surface area (Å²) in [7, 11) is 0. The van der Waals surface area contributed by atoms with Crippen LogP contribution in [0.1, 0.15) is 51.9 Å². The van der Waals surface area contributed by atoms with E-state index in [1.54, 1.807) is 0 Å². The first kappa shape index (κ1) is 14.2. The van der Waals surface area contributed by atoms with E-state index in [1.165, 1.54) is 18.5 Å². The number of nitrogens with zero attached hydrogens (tertiary/aromatic N) is 2. The molecule has 17 heavy (non-hydrogen) atoms. The highest BCUT2D eigenvalue weighted by Gasteiger charge is 2.09. The SMILES string of the molecule is CCC(C)CC(C)NCc1cc(C)nn1CC. The molecule has 0 radical (unpaired) electrons. The molecule has 3 heteroatoms. The molecule has 0 fully saturated rings. The Hall–Kier alpha value is -0.830. The standard InChI is InChI=1S/C14H27N3/c1-6-11(3)8-12(4)15-10-14-9-13(5)16-17(14)7-2/h9,11-12,15H,6-8,10H2,1-5H3. The Morgan fingerprint density at radius 1 is 1.35 bits per heavy atom. The number of hydrogen-bond acceptors (Lipinski definition) is 2. The minimum atomic E-state index is 0.575. The van der Waals surface area contributed by atoms with Gasteiger partial charge in [0.05, 0.1) is 11.4 Å². The van der Waals surface area contributed by atoms with E-state index in [1.807, 2.05) is 0 Å². The molecule has 0 amide bonds.